The molecular formula is C6H18B2N2. The van der Waals surface area contributed by atoms with Crippen molar-refractivity contribution in [1.29, 1.82) is 0 Å². The van der Waals surface area contributed by atoms with Crippen molar-refractivity contribution in [2.75, 3.05) is 27.2 Å². The van der Waals surface area contributed by atoms with E-state index in [1.165, 1.54) is 0 Å². The van der Waals surface area contributed by atoms with E-state index in [0.717, 1.165) is 13.1 Å². The second kappa shape index (κ2) is 35.8. The SMILES string of the molecule is CCNC.CCNC.[B].[B]. The quantitative estimate of drug-likeness (QED) is 0.514. The van der Waals surface area contributed by atoms with Crippen molar-refractivity contribution in [1.82, 2.24) is 10.6 Å². The van der Waals surface area contributed by atoms with Crippen LogP contribution in [-0.4, -0.2) is 44.0 Å². The summed E-state index contributed by atoms with van der Waals surface area (Å²) < 4.78 is 0. The van der Waals surface area contributed by atoms with Gasteiger partial charge in [0.05, 0.1) is 0 Å². The second-order valence-corrected chi connectivity index (χ2v) is 1.41. The summed E-state index contributed by atoms with van der Waals surface area (Å²) in [4.78, 5) is 0. The molecule has 58 valence electrons. The van der Waals surface area contributed by atoms with E-state index in [9.17, 15) is 0 Å². The molecule has 0 aliphatic rings. The molecule has 0 unspecified atom stereocenters. The van der Waals surface area contributed by atoms with Gasteiger partial charge in [-0.1, -0.05) is 13.8 Å². The van der Waals surface area contributed by atoms with E-state index in [0.29, 0.717) is 0 Å². The van der Waals surface area contributed by atoms with Crippen LogP contribution in [0, 0.1) is 0 Å². The lowest BCUT2D eigenvalue weighted by molar-refractivity contribution is 0.863. The average molecular weight is 140 g/mol. The topological polar surface area (TPSA) is 24.1 Å². The largest absolute Gasteiger partial charge is 0.320 e. The first-order valence-corrected chi connectivity index (χ1v) is 3.12. The molecule has 2 N–H and O–H groups in total. The minimum atomic E-state index is 0. The standard InChI is InChI=1S/2C3H9N.2B/c2*1-3-4-2;;/h2*4H,3H2,1-2H3;;. The number of hydrogen-bond acceptors (Lipinski definition) is 2. The molecule has 0 heterocycles. The molecule has 0 aromatic heterocycles. The van der Waals surface area contributed by atoms with Crippen molar-refractivity contribution in [3.8, 4) is 0 Å². The maximum absolute atomic E-state index is 2.93. The zero-order valence-electron chi connectivity index (χ0n) is 7.57. The fourth-order valence-corrected chi connectivity index (χ4v) is 0. The van der Waals surface area contributed by atoms with E-state index in [4.69, 9.17) is 0 Å². The van der Waals surface area contributed by atoms with Crippen molar-refractivity contribution >= 4 is 16.8 Å². The fourth-order valence-electron chi connectivity index (χ4n) is 0. The van der Waals surface area contributed by atoms with Gasteiger partial charge in [-0.25, -0.2) is 0 Å². The Morgan fingerprint density at radius 3 is 0.900 bits per heavy atom. The van der Waals surface area contributed by atoms with Crippen LogP contribution in [0.1, 0.15) is 13.8 Å². The van der Waals surface area contributed by atoms with Gasteiger partial charge in [0.25, 0.3) is 0 Å². The maximum atomic E-state index is 2.93. The third-order valence-corrected chi connectivity index (χ3v) is 0.707. The molecule has 0 fully saturated rings. The highest BCUT2D eigenvalue weighted by Gasteiger charge is 1.50. The zero-order valence-corrected chi connectivity index (χ0v) is 7.57. The van der Waals surface area contributed by atoms with E-state index in [2.05, 4.69) is 24.5 Å². The molecule has 0 saturated carbocycles. The van der Waals surface area contributed by atoms with Crippen LogP contribution in [0.15, 0.2) is 0 Å². The van der Waals surface area contributed by atoms with E-state index in [1.807, 2.05) is 14.1 Å². The highest BCUT2D eigenvalue weighted by Crippen LogP contribution is 1.35. The lowest BCUT2D eigenvalue weighted by Gasteiger charge is -1.76. The Hall–Kier alpha value is 0.0499. The Bertz CT molecular complexity index is 21.7. The van der Waals surface area contributed by atoms with Crippen LogP contribution in [0.3, 0.4) is 0 Å². The first-order chi connectivity index (χ1) is 3.83. The Labute approximate surface area is 69.3 Å². The second-order valence-electron chi connectivity index (χ2n) is 1.41. The van der Waals surface area contributed by atoms with Crippen molar-refractivity contribution in [3.63, 3.8) is 0 Å². The van der Waals surface area contributed by atoms with Gasteiger partial charge in [0.15, 0.2) is 0 Å². The van der Waals surface area contributed by atoms with Gasteiger partial charge in [-0.2, -0.15) is 0 Å². The molecule has 0 aliphatic carbocycles. The van der Waals surface area contributed by atoms with Crippen molar-refractivity contribution in [3.05, 3.63) is 0 Å². The van der Waals surface area contributed by atoms with Crippen molar-refractivity contribution < 1.29 is 0 Å². The van der Waals surface area contributed by atoms with E-state index < -0.39 is 0 Å². The summed E-state index contributed by atoms with van der Waals surface area (Å²) in [5, 5.41) is 5.86. The molecule has 0 bridgehead atoms. The average Bonchev–Trinajstić information content (AvgIpc) is 1.88. The number of rotatable bonds is 2. The maximum Gasteiger partial charge on any atom is 0 e. The van der Waals surface area contributed by atoms with Crippen molar-refractivity contribution in [2.24, 2.45) is 0 Å². The molecule has 0 aromatic carbocycles. The Morgan fingerprint density at radius 1 is 0.800 bits per heavy atom. The first kappa shape index (κ1) is 22.5. The summed E-state index contributed by atoms with van der Waals surface area (Å²) in [6.07, 6.45) is 0. The summed E-state index contributed by atoms with van der Waals surface area (Å²) in [6.45, 7) is 6.28. The molecule has 10 heavy (non-hydrogen) atoms. The van der Waals surface area contributed by atoms with Gasteiger partial charge in [0.1, 0.15) is 0 Å². The van der Waals surface area contributed by atoms with Crippen LogP contribution < -0.4 is 10.6 Å². The summed E-state index contributed by atoms with van der Waals surface area (Å²) >= 11 is 0. The third kappa shape index (κ3) is 95.2. The number of hydrogen-bond donors (Lipinski definition) is 2. The zero-order chi connectivity index (χ0) is 6.83. The van der Waals surface area contributed by atoms with Crippen LogP contribution in [0.4, 0.5) is 0 Å². The van der Waals surface area contributed by atoms with Gasteiger partial charge >= 0.3 is 0 Å². The van der Waals surface area contributed by atoms with Gasteiger partial charge in [-0.05, 0) is 27.2 Å². The molecule has 0 saturated heterocycles. The fraction of sp³-hybridized carbons (Fsp3) is 1.00. The molecule has 4 heteroatoms. The monoisotopic (exact) mass is 140 g/mol. The molecule has 0 aliphatic heterocycles. The smallest absolute Gasteiger partial charge is 0 e. The van der Waals surface area contributed by atoms with Crippen LogP contribution in [-0.2, 0) is 0 Å². The predicted octanol–water partition coefficient (Wildman–Crippen LogP) is -0.310. The first-order valence-electron chi connectivity index (χ1n) is 3.12. The molecule has 0 amide bonds. The summed E-state index contributed by atoms with van der Waals surface area (Å²) in [6, 6.07) is 0. The summed E-state index contributed by atoms with van der Waals surface area (Å²) in [5.41, 5.74) is 0. The molecular weight excluding hydrogens is 122 g/mol. The summed E-state index contributed by atoms with van der Waals surface area (Å²) in [7, 11) is 3.86. The highest BCUT2D eigenvalue weighted by atomic mass is 14.8. The Morgan fingerprint density at radius 2 is 0.900 bits per heavy atom. The van der Waals surface area contributed by atoms with Crippen molar-refractivity contribution in [2.45, 2.75) is 13.8 Å². The minimum absolute atomic E-state index is 0. The van der Waals surface area contributed by atoms with Crippen LogP contribution in [0.2, 0.25) is 0 Å². The van der Waals surface area contributed by atoms with Gasteiger partial charge in [-0.15, -0.1) is 0 Å². The highest BCUT2D eigenvalue weighted by molar-refractivity contribution is 5.76. The predicted molar refractivity (Wildman–Crippen MR) is 50.7 cm³/mol. The number of nitrogens with one attached hydrogen (secondary N) is 2. The van der Waals surface area contributed by atoms with Gasteiger partial charge in [0.2, 0.25) is 0 Å². The molecule has 2 nitrogen and oxygen atoms in total. The van der Waals surface area contributed by atoms with Gasteiger partial charge < -0.3 is 10.6 Å². The molecule has 6 radical (unpaired) electrons. The normalized spacial score (nSPS) is 6.00. The van der Waals surface area contributed by atoms with Crippen LogP contribution >= 0.6 is 0 Å². The minimum Gasteiger partial charge on any atom is -0.320 e. The lowest BCUT2D eigenvalue weighted by atomic mass is 10.8. The molecule has 0 aromatic rings. The van der Waals surface area contributed by atoms with E-state index >= 15 is 0 Å². The molecule has 0 atom stereocenters. The van der Waals surface area contributed by atoms with E-state index in [-0.39, 0.29) is 16.8 Å². The van der Waals surface area contributed by atoms with E-state index in [1.54, 1.807) is 0 Å². The third-order valence-electron chi connectivity index (χ3n) is 0.707. The Kier molecular flexibility index (Phi) is 80.4. The summed E-state index contributed by atoms with van der Waals surface area (Å²) in [5.74, 6) is 0. The Balaban J connectivity index is -0.0000000300. The van der Waals surface area contributed by atoms with Gasteiger partial charge in [0, 0.05) is 16.8 Å². The molecule has 0 rings (SSSR count). The van der Waals surface area contributed by atoms with Crippen LogP contribution in [0.25, 0.3) is 0 Å². The molecule has 0 spiro atoms. The van der Waals surface area contributed by atoms with Gasteiger partial charge in [-0.3, -0.25) is 0 Å². The van der Waals surface area contributed by atoms with Crippen LogP contribution in [0.5, 0.6) is 0 Å². The lowest BCUT2D eigenvalue weighted by Crippen LogP contribution is -2.01.